The SMILES string of the molecule is COc1ccc(OC)c(NC(=O)C2CC(c3cc(C)c(C)cc3O)NN2)c1. The van der Waals surface area contributed by atoms with Crippen molar-refractivity contribution in [1.82, 2.24) is 10.9 Å². The van der Waals surface area contributed by atoms with Crippen molar-refractivity contribution in [2.45, 2.75) is 32.4 Å². The number of benzene rings is 2. The van der Waals surface area contributed by atoms with E-state index in [4.69, 9.17) is 9.47 Å². The molecule has 2 unspecified atom stereocenters. The molecule has 0 radical (unpaired) electrons. The van der Waals surface area contributed by atoms with Gasteiger partial charge in [-0.25, -0.2) is 10.9 Å². The van der Waals surface area contributed by atoms with Gasteiger partial charge in [0.2, 0.25) is 5.91 Å². The maximum atomic E-state index is 12.7. The summed E-state index contributed by atoms with van der Waals surface area (Å²) < 4.78 is 10.5. The molecule has 4 N–H and O–H groups in total. The third kappa shape index (κ3) is 3.99. The van der Waals surface area contributed by atoms with Gasteiger partial charge in [0, 0.05) is 11.6 Å². The molecule has 1 fully saturated rings. The third-order valence-corrected chi connectivity index (χ3v) is 4.90. The number of carbonyl (C=O) groups is 1. The van der Waals surface area contributed by atoms with Crippen LogP contribution < -0.4 is 25.6 Å². The average molecular weight is 371 g/mol. The molecule has 7 heteroatoms. The predicted octanol–water partition coefficient (Wildman–Crippen LogP) is 2.57. The Morgan fingerprint density at radius 2 is 1.85 bits per heavy atom. The zero-order valence-electron chi connectivity index (χ0n) is 15.9. The van der Waals surface area contributed by atoms with Crippen LogP contribution in [0.25, 0.3) is 0 Å². The van der Waals surface area contributed by atoms with Crippen LogP contribution in [0.15, 0.2) is 30.3 Å². The first kappa shape index (κ1) is 19.0. The van der Waals surface area contributed by atoms with Crippen molar-refractivity contribution in [2.75, 3.05) is 19.5 Å². The molecular weight excluding hydrogens is 346 g/mol. The van der Waals surface area contributed by atoms with Crippen LogP contribution in [0.2, 0.25) is 0 Å². The first-order chi connectivity index (χ1) is 12.9. The van der Waals surface area contributed by atoms with Gasteiger partial charge in [0.05, 0.1) is 25.9 Å². The zero-order chi connectivity index (χ0) is 19.6. The number of methoxy groups -OCH3 is 2. The van der Waals surface area contributed by atoms with Crippen molar-refractivity contribution < 1.29 is 19.4 Å². The molecule has 27 heavy (non-hydrogen) atoms. The fraction of sp³-hybridized carbons (Fsp3) is 0.350. The fourth-order valence-electron chi connectivity index (χ4n) is 3.17. The Kier molecular flexibility index (Phi) is 5.53. The van der Waals surface area contributed by atoms with Crippen molar-refractivity contribution >= 4 is 11.6 Å². The molecular formula is C20H25N3O4. The van der Waals surface area contributed by atoms with Gasteiger partial charge in [-0.05, 0) is 49.6 Å². The molecule has 0 aliphatic carbocycles. The van der Waals surface area contributed by atoms with Crippen LogP contribution in [0.5, 0.6) is 17.2 Å². The van der Waals surface area contributed by atoms with Crippen molar-refractivity contribution in [3.63, 3.8) is 0 Å². The van der Waals surface area contributed by atoms with Gasteiger partial charge in [0.25, 0.3) is 0 Å². The van der Waals surface area contributed by atoms with E-state index in [2.05, 4.69) is 16.2 Å². The van der Waals surface area contributed by atoms with E-state index in [-0.39, 0.29) is 17.7 Å². The van der Waals surface area contributed by atoms with Gasteiger partial charge in [-0.1, -0.05) is 6.07 Å². The molecule has 1 aliphatic rings. The summed E-state index contributed by atoms with van der Waals surface area (Å²) in [6.07, 6.45) is 0.508. The zero-order valence-corrected chi connectivity index (χ0v) is 15.9. The highest BCUT2D eigenvalue weighted by Gasteiger charge is 2.32. The first-order valence-corrected chi connectivity index (χ1v) is 8.77. The van der Waals surface area contributed by atoms with E-state index in [0.29, 0.717) is 23.6 Å². The van der Waals surface area contributed by atoms with Crippen molar-refractivity contribution in [3.8, 4) is 17.2 Å². The molecule has 1 amide bonds. The molecule has 0 saturated carbocycles. The van der Waals surface area contributed by atoms with Crippen LogP contribution in [0.3, 0.4) is 0 Å². The molecule has 1 saturated heterocycles. The highest BCUT2D eigenvalue weighted by molar-refractivity contribution is 5.96. The molecule has 2 atom stereocenters. The number of phenols is 1. The van der Waals surface area contributed by atoms with Gasteiger partial charge in [-0.2, -0.15) is 0 Å². The van der Waals surface area contributed by atoms with Gasteiger partial charge in [0.15, 0.2) is 0 Å². The average Bonchev–Trinajstić information content (AvgIpc) is 3.14. The van der Waals surface area contributed by atoms with Crippen LogP contribution in [-0.2, 0) is 4.79 Å². The van der Waals surface area contributed by atoms with Crippen molar-refractivity contribution in [1.29, 1.82) is 0 Å². The number of carbonyl (C=O) groups excluding carboxylic acids is 1. The Bertz CT molecular complexity index is 853. The number of hydrogen-bond acceptors (Lipinski definition) is 6. The summed E-state index contributed by atoms with van der Waals surface area (Å²) in [7, 11) is 3.11. The topological polar surface area (TPSA) is 91.9 Å². The minimum atomic E-state index is -0.452. The van der Waals surface area contributed by atoms with E-state index in [1.54, 1.807) is 38.5 Å². The number of aromatic hydroxyl groups is 1. The number of hydrazine groups is 1. The van der Waals surface area contributed by atoms with Crippen LogP contribution in [0, 0.1) is 13.8 Å². The quantitative estimate of drug-likeness (QED) is 0.646. The number of rotatable bonds is 5. The highest BCUT2D eigenvalue weighted by atomic mass is 16.5. The number of hydrogen-bond donors (Lipinski definition) is 4. The summed E-state index contributed by atoms with van der Waals surface area (Å²) in [6, 6.07) is 8.31. The number of aryl methyl sites for hydroxylation is 2. The fourth-order valence-corrected chi connectivity index (χ4v) is 3.17. The molecule has 0 bridgehead atoms. The molecule has 144 valence electrons. The smallest absolute Gasteiger partial charge is 0.243 e. The Hall–Kier alpha value is -2.77. The molecule has 0 spiro atoms. The molecule has 1 heterocycles. The number of phenolic OH excluding ortho intramolecular Hbond substituents is 1. The minimum Gasteiger partial charge on any atom is -0.508 e. The standard InChI is InChI=1S/C20H25N3O4/c1-11-7-14(18(24)8-12(11)2)15-10-17(23-22-15)20(25)21-16-9-13(26-3)5-6-19(16)27-4/h5-9,15,17,22-24H,10H2,1-4H3,(H,21,25). The van der Waals surface area contributed by atoms with Crippen LogP contribution in [-0.4, -0.2) is 31.3 Å². The maximum absolute atomic E-state index is 12.7. The van der Waals surface area contributed by atoms with Gasteiger partial charge >= 0.3 is 0 Å². The lowest BCUT2D eigenvalue weighted by atomic mass is 9.97. The van der Waals surface area contributed by atoms with Crippen molar-refractivity contribution in [3.05, 3.63) is 47.0 Å². The molecule has 2 aromatic carbocycles. The summed E-state index contributed by atoms with van der Waals surface area (Å²) in [4.78, 5) is 12.7. The second kappa shape index (κ2) is 7.85. The summed E-state index contributed by atoms with van der Waals surface area (Å²) in [6.45, 7) is 3.96. The monoisotopic (exact) mass is 371 g/mol. The van der Waals surface area contributed by atoms with Gasteiger partial charge in [0.1, 0.15) is 23.3 Å². The molecule has 2 aromatic rings. The van der Waals surface area contributed by atoms with Gasteiger partial charge in [-0.3, -0.25) is 4.79 Å². The molecule has 0 aromatic heterocycles. The largest absolute Gasteiger partial charge is 0.508 e. The molecule has 1 aliphatic heterocycles. The maximum Gasteiger partial charge on any atom is 0.243 e. The van der Waals surface area contributed by atoms with E-state index in [1.807, 2.05) is 19.9 Å². The number of nitrogens with one attached hydrogen (secondary N) is 3. The predicted molar refractivity (Wildman–Crippen MR) is 103 cm³/mol. The highest BCUT2D eigenvalue weighted by Crippen LogP contribution is 2.33. The number of amides is 1. The van der Waals surface area contributed by atoms with Crippen LogP contribution in [0.4, 0.5) is 5.69 Å². The van der Waals surface area contributed by atoms with E-state index < -0.39 is 6.04 Å². The van der Waals surface area contributed by atoms with E-state index >= 15 is 0 Å². The second-order valence-electron chi connectivity index (χ2n) is 6.68. The first-order valence-electron chi connectivity index (χ1n) is 8.77. The Balaban J connectivity index is 1.72. The Labute approximate surface area is 158 Å². The summed E-state index contributed by atoms with van der Waals surface area (Å²) in [5.41, 5.74) is 9.55. The summed E-state index contributed by atoms with van der Waals surface area (Å²) >= 11 is 0. The lowest BCUT2D eigenvalue weighted by Gasteiger charge is -2.15. The lowest BCUT2D eigenvalue weighted by molar-refractivity contribution is -0.117. The normalized spacial score (nSPS) is 19.0. The van der Waals surface area contributed by atoms with Crippen LogP contribution >= 0.6 is 0 Å². The van der Waals surface area contributed by atoms with E-state index in [0.717, 1.165) is 16.7 Å². The summed E-state index contributed by atoms with van der Waals surface area (Å²) in [5, 5.41) is 13.1. The molecule has 3 rings (SSSR count). The van der Waals surface area contributed by atoms with Gasteiger partial charge < -0.3 is 19.9 Å². The Morgan fingerprint density at radius 3 is 2.56 bits per heavy atom. The van der Waals surface area contributed by atoms with Gasteiger partial charge in [-0.15, -0.1) is 0 Å². The summed E-state index contributed by atoms with van der Waals surface area (Å²) in [5.74, 6) is 1.22. The second-order valence-corrected chi connectivity index (χ2v) is 6.68. The van der Waals surface area contributed by atoms with E-state index in [1.165, 1.54) is 0 Å². The Morgan fingerprint density at radius 1 is 1.11 bits per heavy atom. The van der Waals surface area contributed by atoms with Crippen LogP contribution in [0.1, 0.15) is 29.2 Å². The number of anilines is 1. The minimum absolute atomic E-state index is 0.160. The third-order valence-electron chi connectivity index (χ3n) is 4.90. The van der Waals surface area contributed by atoms with Crippen molar-refractivity contribution in [2.24, 2.45) is 0 Å². The molecule has 7 nitrogen and oxygen atoms in total. The number of ether oxygens (including phenoxy) is 2. The van der Waals surface area contributed by atoms with E-state index in [9.17, 15) is 9.90 Å². The lowest BCUT2D eigenvalue weighted by Crippen LogP contribution is -2.39.